The van der Waals surface area contributed by atoms with Crippen LogP contribution in [0.2, 0.25) is 0 Å². The lowest BCUT2D eigenvalue weighted by Crippen LogP contribution is -2.29. The van der Waals surface area contributed by atoms with E-state index in [0.717, 1.165) is 6.42 Å². The summed E-state index contributed by atoms with van der Waals surface area (Å²) in [6.07, 6.45) is -1.42. The number of aliphatic hydroxyl groups excluding tert-OH is 1. The van der Waals surface area contributed by atoms with Gasteiger partial charge in [-0.15, -0.1) is 0 Å². The Labute approximate surface area is 93.5 Å². The zero-order chi connectivity index (χ0) is 12.1. The van der Waals surface area contributed by atoms with E-state index in [1.165, 1.54) is 18.3 Å². The molecule has 2 N–H and O–H groups in total. The normalized spacial score (nSPS) is 15.1. The lowest BCUT2D eigenvalue weighted by molar-refractivity contribution is 0.123. The van der Waals surface area contributed by atoms with Crippen LogP contribution in [-0.4, -0.2) is 16.1 Å². The second-order valence-corrected chi connectivity index (χ2v) is 3.69. The van der Waals surface area contributed by atoms with Crippen LogP contribution in [0, 0.1) is 0 Å². The Morgan fingerprint density at radius 3 is 2.75 bits per heavy atom. The van der Waals surface area contributed by atoms with Crippen molar-refractivity contribution in [1.82, 2.24) is 10.3 Å². The maximum absolute atomic E-state index is 12.4. The van der Waals surface area contributed by atoms with Crippen molar-refractivity contribution < 1.29 is 13.9 Å². The number of aromatic nitrogens is 1. The number of hydrogen-bond acceptors (Lipinski definition) is 3. The van der Waals surface area contributed by atoms with Gasteiger partial charge >= 0.3 is 0 Å². The van der Waals surface area contributed by atoms with E-state index in [1.807, 2.05) is 13.8 Å². The summed E-state index contributed by atoms with van der Waals surface area (Å²) in [4.78, 5) is 3.53. The van der Waals surface area contributed by atoms with Crippen LogP contribution in [0.15, 0.2) is 18.3 Å². The van der Waals surface area contributed by atoms with Crippen molar-refractivity contribution in [3.8, 4) is 0 Å². The molecule has 1 aromatic rings. The first-order valence-corrected chi connectivity index (χ1v) is 5.22. The molecule has 0 radical (unpaired) electrons. The first kappa shape index (κ1) is 13.0. The average Bonchev–Trinajstić information content (AvgIpc) is 2.28. The van der Waals surface area contributed by atoms with Gasteiger partial charge in [-0.25, -0.2) is 8.78 Å². The molecule has 0 spiro atoms. The van der Waals surface area contributed by atoms with Gasteiger partial charge in [-0.2, -0.15) is 0 Å². The molecule has 90 valence electrons. The van der Waals surface area contributed by atoms with Crippen LogP contribution < -0.4 is 5.32 Å². The molecule has 5 heteroatoms. The average molecular weight is 230 g/mol. The highest BCUT2D eigenvalue weighted by molar-refractivity contribution is 5.19. The van der Waals surface area contributed by atoms with Crippen LogP contribution in [0.4, 0.5) is 8.78 Å². The maximum Gasteiger partial charge on any atom is 0.280 e. The van der Waals surface area contributed by atoms with Crippen LogP contribution in [0.1, 0.15) is 44.2 Å². The molecular weight excluding hydrogens is 214 g/mol. The van der Waals surface area contributed by atoms with Gasteiger partial charge in [0.05, 0.1) is 0 Å². The van der Waals surface area contributed by atoms with E-state index in [9.17, 15) is 13.9 Å². The highest BCUT2D eigenvalue weighted by Gasteiger charge is 2.14. The molecule has 2 atom stereocenters. The zero-order valence-electron chi connectivity index (χ0n) is 9.32. The largest absolute Gasteiger partial charge is 0.374 e. The van der Waals surface area contributed by atoms with Gasteiger partial charge in [-0.1, -0.05) is 6.92 Å². The number of pyridine rings is 1. The second-order valence-electron chi connectivity index (χ2n) is 3.69. The third-order valence-corrected chi connectivity index (χ3v) is 2.40. The van der Waals surface area contributed by atoms with Crippen molar-refractivity contribution >= 4 is 0 Å². The van der Waals surface area contributed by atoms with E-state index in [1.54, 1.807) is 0 Å². The molecular formula is C11H16F2N2O. The summed E-state index contributed by atoms with van der Waals surface area (Å²) in [6.45, 7) is 3.89. The molecule has 1 unspecified atom stereocenters. The standard InChI is InChI=1S/C11H16F2N2O/c1-3-7(2)15-11(16)8-4-5-14-9(6-8)10(12)13/h4-7,10-11,15-16H,3H2,1-2H3/t7-,11?/m1/s1. The van der Waals surface area contributed by atoms with Crippen LogP contribution in [-0.2, 0) is 0 Å². The minimum absolute atomic E-state index is 0.123. The summed E-state index contributed by atoms with van der Waals surface area (Å²) in [5.41, 5.74) is 0.0908. The van der Waals surface area contributed by atoms with Crippen LogP contribution in [0.25, 0.3) is 0 Å². The number of alkyl halides is 2. The van der Waals surface area contributed by atoms with Gasteiger partial charge in [-0.05, 0) is 31.0 Å². The van der Waals surface area contributed by atoms with Gasteiger partial charge in [0.25, 0.3) is 6.43 Å². The Balaban J connectivity index is 2.75. The van der Waals surface area contributed by atoms with E-state index in [0.29, 0.717) is 5.56 Å². The molecule has 0 aliphatic rings. The first-order valence-electron chi connectivity index (χ1n) is 5.22. The molecule has 1 heterocycles. The fourth-order valence-electron chi connectivity index (χ4n) is 1.24. The first-order chi connectivity index (χ1) is 7.54. The molecule has 0 aliphatic carbocycles. The van der Waals surface area contributed by atoms with Crippen molar-refractivity contribution in [2.75, 3.05) is 0 Å². The van der Waals surface area contributed by atoms with Gasteiger partial charge in [0.15, 0.2) is 0 Å². The monoisotopic (exact) mass is 230 g/mol. The second kappa shape index (κ2) is 5.86. The molecule has 16 heavy (non-hydrogen) atoms. The highest BCUT2D eigenvalue weighted by Crippen LogP contribution is 2.19. The third-order valence-electron chi connectivity index (χ3n) is 2.40. The number of aliphatic hydroxyl groups is 1. The topological polar surface area (TPSA) is 45.1 Å². The van der Waals surface area contributed by atoms with Crippen LogP contribution in [0.3, 0.4) is 0 Å². The fourth-order valence-corrected chi connectivity index (χ4v) is 1.24. The summed E-state index contributed by atoms with van der Waals surface area (Å²) >= 11 is 0. The van der Waals surface area contributed by atoms with Crippen molar-refractivity contribution in [3.63, 3.8) is 0 Å². The predicted molar refractivity (Wildman–Crippen MR) is 57.0 cm³/mol. The lowest BCUT2D eigenvalue weighted by atomic mass is 10.1. The molecule has 0 aromatic carbocycles. The summed E-state index contributed by atoms with van der Waals surface area (Å²) in [7, 11) is 0. The molecule has 0 amide bonds. The fraction of sp³-hybridized carbons (Fsp3) is 0.545. The Kier molecular flexibility index (Phi) is 4.76. The zero-order valence-corrected chi connectivity index (χ0v) is 9.32. The maximum atomic E-state index is 12.4. The molecule has 3 nitrogen and oxygen atoms in total. The van der Waals surface area contributed by atoms with Gasteiger partial charge in [0, 0.05) is 12.2 Å². The van der Waals surface area contributed by atoms with Crippen molar-refractivity contribution in [1.29, 1.82) is 0 Å². The lowest BCUT2D eigenvalue weighted by Gasteiger charge is -2.18. The predicted octanol–water partition coefficient (Wildman–Crippen LogP) is 2.40. The smallest absolute Gasteiger partial charge is 0.280 e. The van der Waals surface area contributed by atoms with Crippen molar-refractivity contribution in [2.24, 2.45) is 0 Å². The number of hydrogen-bond donors (Lipinski definition) is 2. The van der Waals surface area contributed by atoms with Gasteiger partial charge in [0.2, 0.25) is 0 Å². The number of rotatable bonds is 5. The van der Waals surface area contributed by atoms with E-state index in [2.05, 4.69) is 10.3 Å². The molecule has 0 saturated carbocycles. The minimum atomic E-state index is -2.62. The van der Waals surface area contributed by atoms with E-state index in [-0.39, 0.29) is 11.7 Å². The van der Waals surface area contributed by atoms with Gasteiger partial charge in [0.1, 0.15) is 11.9 Å². The molecule has 1 aromatic heterocycles. The molecule has 0 saturated heterocycles. The Bertz CT molecular complexity index is 334. The van der Waals surface area contributed by atoms with Crippen LogP contribution in [0.5, 0.6) is 0 Å². The van der Waals surface area contributed by atoms with E-state index < -0.39 is 12.7 Å². The highest BCUT2D eigenvalue weighted by atomic mass is 19.3. The van der Waals surface area contributed by atoms with Crippen LogP contribution >= 0.6 is 0 Å². The summed E-state index contributed by atoms with van der Waals surface area (Å²) in [5, 5.41) is 12.6. The van der Waals surface area contributed by atoms with Gasteiger partial charge in [-0.3, -0.25) is 10.3 Å². The summed E-state index contributed by atoms with van der Waals surface area (Å²) in [6, 6.07) is 2.86. The molecule has 0 aliphatic heterocycles. The number of halogens is 2. The Hall–Kier alpha value is -1.07. The Morgan fingerprint density at radius 2 is 2.19 bits per heavy atom. The van der Waals surface area contributed by atoms with Crippen molar-refractivity contribution in [2.45, 2.75) is 39.0 Å². The number of nitrogens with one attached hydrogen (secondary N) is 1. The number of nitrogens with zero attached hydrogens (tertiary/aromatic N) is 1. The van der Waals surface area contributed by atoms with E-state index >= 15 is 0 Å². The third kappa shape index (κ3) is 3.50. The van der Waals surface area contributed by atoms with E-state index in [4.69, 9.17) is 0 Å². The minimum Gasteiger partial charge on any atom is -0.374 e. The molecule has 0 fully saturated rings. The van der Waals surface area contributed by atoms with Crippen molar-refractivity contribution in [3.05, 3.63) is 29.6 Å². The summed E-state index contributed by atoms with van der Waals surface area (Å²) < 4.78 is 24.7. The quantitative estimate of drug-likeness (QED) is 0.763. The summed E-state index contributed by atoms with van der Waals surface area (Å²) in [5.74, 6) is 0. The van der Waals surface area contributed by atoms with Gasteiger partial charge < -0.3 is 5.11 Å². The molecule has 1 rings (SSSR count). The molecule has 0 bridgehead atoms. The SMILES string of the molecule is CC[C@@H](C)NC(O)c1ccnc(C(F)F)c1. The Morgan fingerprint density at radius 1 is 1.50 bits per heavy atom.